The predicted octanol–water partition coefficient (Wildman–Crippen LogP) is 6.53. The number of rotatable bonds is 9. The fourth-order valence-electron chi connectivity index (χ4n) is 3.18. The van der Waals surface area contributed by atoms with Crippen molar-refractivity contribution in [3.8, 4) is 11.1 Å². The van der Waals surface area contributed by atoms with E-state index in [2.05, 4.69) is 79.5 Å². The lowest BCUT2D eigenvalue weighted by Crippen LogP contribution is -2.31. The average Bonchev–Trinajstić information content (AvgIpc) is 3.26. The SMILES string of the molecule is C=C(O)CC(NC(/C=C/c1ccc(-c2ccccc2)cc1)CC)c1ccco1. The molecule has 2 atom stereocenters. The zero-order valence-electron chi connectivity index (χ0n) is 16.2. The topological polar surface area (TPSA) is 45.4 Å². The zero-order chi connectivity index (χ0) is 19.8. The van der Waals surface area contributed by atoms with Crippen LogP contribution in [0.4, 0.5) is 0 Å². The molecule has 0 radical (unpaired) electrons. The largest absolute Gasteiger partial charge is 0.513 e. The molecule has 144 valence electrons. The summed E-state index contributed by atoms with van der Waals surface area (Å²) >= 11 is 0. The second kappa shape index (κ2) is 9.77. The lowest BCUT2D eigenvalue weighted by atomic mass is 10.0. The molecule has 2 N–H and O–H groups in total. The molecule has 0 aliphatic carbocycles. The minimum Gasteiger partial charge on any atom is -0.513 e. The molecule has 0 fully saturated rings. The number of hydrogen-bond acceptors (Lipinski definition) is 3. The third-order valence-corrected chi connectivity index (χ3v) is 4.72. The lowest BCUT2D eigenvalue weighted by Gasteiger charge is -2.21. The zero-order valence-corrected chi connectivity index (χ0v) is 16.2. The monoisotopic (exact) mass is 373 g/mol. The van der Waals surface area contributed by atoms with E-state index in [1.54, 1.807) is 6.26 Å². The van der Waals surface area contributed by atoms with E-state index in [1.807, 2.05) is 18.2 Å². The Kier molecular flexibility index (Phi) is 6.88. The molecule has 0 saturated carbocycles. The van der Waals surface area contributed by atoms with E-state index in [4.69, 9.17) is 4.42 Å². The van der Waals surface area contributed by atoms with Crippen molar-refractivity contribution in [3.63, 3.8) is 0 Å². The van der Waals surface area contributed by atoms with Crippen LogP contribution < -0.4 is 5.32 Å². The maximum atomic E-state index is 9.64. The van der Waals surface area contributed by atoms with Crippen molar-refractivity contribution in [2.45, 2.75) is 31.8 Å². The molecule has 2 unspecified atom stereocenters. The van der Waals surface area contributed by atoms with E-state index < -0.39 is 0 Å². The van der Waals surface area contributed by atoms with Gasteiger partial charge < -0.3 is 14.8 Å². The summed E-state index contributed by atoms with van der Waals surface area (Å²) in [4.78, 5) is 0. The Morgan fingerprint density at radius 3 is 2.36 bits per heavy atom. The molecule has 0 aliphatic rings. The summed E-state index contributed by atoms with van der Waals surface area (Å²) in [7, 11) is 0. The third-order valence-electron chi connectivity index (χ3n) is 4.72. The van der Waals surface area contributed by atoms with Gasteiger partial charge >= 0.3 is 0 Å². The molecule has 1 heterocycles. The van der Waals surface area contributed by atoms with E-state index in [9.17, 15) is 5.11 Å². The van der Waals surface area contributed by atoms with Gasteiger partial charge in [-0.2, -0.15) is 0 Å². The highest BCUT2D eigenvalue weighted by atomic mass is 16.3. The van der Waals surface area contributed by atoms with Crippen LogP contribution in [0.2, 0.25) is 0 Å². The first-order valence-electron chi connectivity index (χ1n) is 9.65. The van der Waals surface area contributed by atoms with Crippen LogP contribution in [0.1, 0.15) is 37.1 Å². The van der Waals surface area contributed by atoms with Gasteiger partial charge in [-0.05, 0) is 35.2 Å². The van der Waals surface area contributed by atoms with Crippen molar-refractivity contribution < 1.29 is 9.52 Å². The normalized spacial score (nSPS) is 13.5. The van der Waals surface area contributed by atoms with Gasteiger partial charge in [0.05, 0.1) is 18.1 Å². The Hall–Kier alpha value is -3.04. The summed E-state index contributed by atoms with van der Waals surface area (Å²) in [5.74, 6) is 0.943. The summed E-state index contributed by atoms with van der Waals surface area (Å²) in [6, 6.07) is 22.7. The number of furan rings is 1. The molecule has 2 aromatic carbocycles. The minimum absolute atomic E-state index is 0.109. The fraction of sp³-hybridized carbons (Fsp3) is 0.200. The highest BCUT2D eigenvalue weighted by molar-refractivity contribution is 5.65. The fourth-order valence-corrected chi connectivity index (χ4v) is 3.18. The van der Waals surface area contributed by atoms with Crippen LogP contribution in [0.3, 0.4) is 0 Å². The van der Waals surface area contributed by atoms with Gasteiger partial charge in [-0.3, -0.25) is 0 Å². The Labute approximate surface area is 167 Å². The Morgan fingerprint density at radius 1 is 1.04 bits per heavy atom. The molecule has 28 heavy (non-hydrogen) atoms. The van der Waals surface area contributed by atoms with Gasteiger partial charge in [0.1, 0.15) is 5.76 Å². The van der Waals surface area contributed by atoms with Crippen molar-refractivity contribution in [3.05, 3.63) is 103 Å². The molecule has 0 bridgehead atoms. The molecule has 0 spiro atoms. The van der Waals surface area contributed by atoms with Crippen LogP contribution in [-0.2, 0) is 0 Å². The van der Waals surface area contributed by atoms with Gasteiger partial charge in [0.2, 0.25) is 0 Å². The second-order valence-electron chi connectivity index (χ2n) is 6.87. The molecule has 1 aromatic heterocycles. The third kappa shape index (κ3) is 5.48. The average molecular weight is 373 g/mol. The van der Waals surface area contributed by atoms with Gasteiger partial charge in [0.15, 0.2) is 0 Å². The van der Waals surface area contributed by atoms with Gasteiger partial charge in [-0.15, -0.1) is 0 Å². The molecule has 3 heteroatoms. The first kappa shape index (κ1) is 19.7. The summed E-state index contributed by atoms with van der Waals surface area (Å²) in [5.41, 5.74) is 3.58. The Morgan fingerprint density at radius 2 is 1.75 bits per heavy atom. The van der Waals surface area contributed by atoms with Crippen LogP contribution in [0, 0.1) is 0 Å². The van der Waals surface area contributed by atoms with Crippen LogP contribution in [0.25, 0.3) is 17.2 Å². The van der Waals surface area contributed by atoms with Crippen molar-refractivity contribution in [1.29, 1.82) is 0 Å². The molecule has 3 aromatic rings. The van der Waals surface area contributed by atoms with Gasteiger partial charge in [-0.25, -0.2) is 0 Å². The highest BCUT2D eigenvalue weighted by Gasteiger charge is 2.18. The van der Waals surface area contributed by atoms with Crippen molar-refractivity contribution >= 4 is 6.08 Å². The van der Waals surface area contributed by atoms with Crippen LogP contribution in [0.15, 0.2) is 95.8 Å². The first-order chi connectivity index (χ1) is 13.7. The van der Waals surface area contributed by atoms with Crippen molar-refractivity contribution in [2.75, 3.05) is 0 Å². The number of hydrogen-bond donors (Lipinski definition) is 2. The molecule has 0 aliphatic heterocycles. The van der Waals surface area contributed by atoms with E-state index in [-0.39, 0.29) is 17.8 Å². The minimum atomic E-state index is -0.109. The molecular formula is C25H27NO2. The van der Waals surface area contributed by atoms with Gasteiger partial charge in [-0.1, -0.05) is 80.3 Å². The number of nitrogens with one attached hydrogen (secondary N) is 1. The van der Waals surface area contributed by atoms with E-state index in [1.165, 1.54) is 11.1 Å². The summed E-state index contributed by atoms with van der Waals surface area (Å²) in [6.07, 6.45) is 7.28. The Balaban J connectivity index is 1.67. The first-order valence-corrected chi connectivity index (χ1v) is 9.65. The maximum Gasteiger partial charge on any atom is 0.121 e. The molecule has 0 amide bonds. The summed E-state index contributed by atoms with van der Waals surface area (Å²) in [6.45, 7) is 5.75. The number of aliphatic hydroxyl groups excluding tert-OH is 1. The van der Waals surface area contributed by atoms with Crippen molar-refractivity contribution in [1.82, 2.24) is 5.32 Å². The smallest absolute Gasteiger partial charge is 0.121 e. The lowest BCUT2D eigenvalue weighted by molar-refractivity contribution is 0.325. The van der Waals surface area contributed by atoms with Crippen molar-refractivity contribution in [2.24, 2.45) is 0 Å². The molecular weight excluding hydrogens is 346 g/mol. The number of aliphatic hydroxyl groups is 1. The highest BCUT2D eigenvalue weighted by Crippen LogP contribution is 2.22. The molecule has 0 saturated heterocycles. The maximum absolute atomic E-state index is 9.64. The van der Waals surface area contributed by atoms with Crippen LogP contribution >= 0.6 is 0 Å². The van der Waals surface area contributed by atoms with Crippen LogP contribution in [-0.4, -0.2) is 11.1 Å². The van der Waals surface area contributed by atoms with E-state index in [0.717, 1.165) is 17.7 Å². The number of benzene rings is 2. The molecule has 3 nitrogen and oxygen atoms in total. The summed E-state index contributed by atoms with van der Waals surface area (Å²) in [5, 5.41) is 13.2. The quantitative estimate of drug-likeness (QED) is 0.419. The van der Waals surface area contributed by atoms with E-state index >= 15 is 0 Å². The predicted molar refractivity (Wildman–Crippen MR) is 116 cm³/mol. The van der Waals surface area contributed by atoms with E-state index in [0.29, 0.717) is 6.42 Å². The van der Waals surface area contributed by atoms with Gasteiger partial charge in [0.25, 0.3) is 0 Å². The Bertz CT molecular complexity index is 880. The second-order valence-corrected chi connectivity index (χ2v) is 6.87. The van der Waals surface area contributed by atoms with Gasteiger partial charge in [0, 0.05) is 12.5 Å². The standard InChI is InChI=1S/C25H27NO2/c1-3-23(26-24(18-19(2)27)25-10-7-17-28-25)16-13-20-11-14-22(15-12-20)21-8-5-4-6-9-21/h4-17,23-24,26-27H,2-3,18H2,1H3/b16-13+. The van der Waals surface area contributed by atoms with Crippen LogP contribution in [0.5, 0.6) is 0 Å². The molecule has 3 rings (SSSR count). The summed E-state index contributed by atoms with van der Waals surface area (Å²) < 4.78 is 5.52.